The highest BCUT2D eigenvalue weighted by Gasteiger charge is 2.10. The maximum absolute atomic E-state index is 5.64. The van der Waals surface area contributed by atoms with Crippen molar-refractivity contribution in [3.05, 3.63) is 76.6 Å². The average molecular weight is 379 g/mol. The number of furan rings is 1. The van der Waals surface area contributed by atoms with Crippen molar-refractivity contribution in [3.63, 3.8) is 0 Å². The molecule has 4 aromatic rings. The number of aryl methyl sites for hydroxylation is 3. The topological polar surface area (TPSA) is 48.2 Å². The molecular formula is C21H22N4OS. The molecule has 3 heterocycles. The lowest BCUT2D eigenvalue weighted by molar-refractivity contribution is 0.541. The summed E-state index contributed by atoms with van der Waals surface area (Å²) in [7, 11) is 0. The van der Waals surface area contributed by atoms with E-state index in [1.807, 2.05) is 30.9 Å². The highest BCUT2D eigenvalue weighted by atomic mass is 32.1. The predicted molar refractivity (Wildman–Crippen MR) is 108 cm³/mol. The Morgan fingerprint density at radius 3 is 2.70 bits per heavy atom. The average Bonchev–Trinajstić information content (AvgIpc) is 3.36. The van der Waals surface area contributed by atoms with E-state index in [4.69, 9.17) is 9.41 Å². The van der Waals surface area contributed by atoms with Crippen LogP contribution in [0.15, 0.2) is 70.1 Å². The van der Waals surface area contributed by atoms with E-state index in [0.717, 1.165) is 41.5 Å². The predicted octanol–water partition coefficient (Wildman–Crippen LogP) is 4.95. The van der Waals surface area contributed by atoms with Gasteiger partial charge in [0, 0.05) is 30.9 Å². The molecule has 0 N–H and O–H groups in total. The fourth-order valence-electron chi connectivity index (χ4n) is 3.21. The minimum atomic E-state index is 0.862. The molecule has 0 fully saturated rings. The second-order valence-electron chi connectivity index (χ2n) is 6.64. The lowest BCUT2D eigenvalue weighted by Crippen LogP contribution is -2.17. The molecule has 0 spiro atoms. The van der Waals surface area contributed by atoms with E-state index < -0.39 is 0 Å². The largest absolute Gasteiger partial charge is 0.463 e. The molecule has 4 rings (SSSR count). The molecule has 0 unspecified atom stereocenters. The first-order valence-corrected chi connectivity index (χ1v) is 9.88. The summed E-state index contributed by atoms with van der Waals surface area (Å²) in [5.74, 6) is 0.871. The van der Waals surface area contributed by atoms with Crippen LogP contribution in [-0.4, -0.2) is 14.1 Å². The molecule has 0 aliphatic rings. The highest BCUT2D eigenvalue weighted by molar-refractivity contribution is 7.07. The lowest BCUT2D eigenvalue weighted by atomic mass is 10.1. The maximum Gasteiger partial charge on any atom is 0.190 e. The molecule has 27 heavy (non-hydrogen) atoms. The van der Waals surface area contributed by atoms with Gasteiger partial charge in [-0.1, -0.05) is 6.07 Å². The minimum absolute atomic E-state index is 0.862. The van der Waals surface area contributed by atoms with Crippen LogP contribution in [0.2, 0.25) is 0 Å². The van der Waals surface area contributed by atoms with Crippen molar-refractivity contribution in [3.8, 4) is 11.5 Å². The van der Waals surface area contributed by atoms with E-state index >= 15 is 0 Å². The fraction of sp³-hybridized carbons (Fsp3) is 0.238. The SMILES string of the molecule is Cc1cc(C)cc(N=c2scc(-c3ccco3)n2CCCn2ccnc2)c1. The standard InChI is InChI=1S/C21H22N4OS/c1-16-11-17(2)13-18(12-16)23-21-25(8-4-7-24-9-6-22-15-24)19(14-27-21)20-5-3-10-26-20/h3,5-6,9-15H,4,7-8H2,1-2H3. The Kier molecular flexibility index (Phi) is 5.07. The van der Waals surface area contributed by atoms with Crippen LogP contribution in [0, 0.1) is 13.8 Å². The van der Waals surface area contributed by atoms with E-state index in [0.29, 0.717) is 0 Å². The van der Waals surface area contributed by atoms with E-state index in [1.54, 1.807) is 17.6 Å². The Bertz CT molecular complexity index is 1050. The van der Waals surface area contributed by atoms with Gasteiger partial charge in [-0.25, -0.2) is 9.98 Å². The first kappa shape index (κ1) is 17.5. The zero-order valence-electron chi connectivity index (χ0n) is 15.5. The van der Waals surface area contributed by atoms with Gasteiger partial charge in [0.15, 0.2) is 10.6 Å². The molecule has 0 bridgehead atoms. The van der Waals surface area contributed by atoms with Gasteiger partial charge in [-0.3, -0.25) is 0 Å². The number of hydrogen-bond donors (Lipinski definition) is 0. The van der Waals surface area contributed by atoms with Crippen molar-refractivity contribution in [2.24, 2.45) is 4.99 Å². The van der Waals surface area contributed by atoms with Gasteiger partial charge in [0.05, 0.1) is 24.0 Å². The third kappa shape index (κ3) is 4.11. The van der Waals surface area contributed by atoms with Crippen molar-refractivity contribution >= 4 is 17.0 Å². The van der Waals surface area contributed by atoms with E-state index in [-0.39, 0.29) is 0 Å². The summed E-state index contributed by atoms with van der Waals surface area (Å²) in [5, 5.41) is 2.12. The van der Waals surface area contributed by atoms with Gasteiger partial charge in [0.2, 0.25) is 0 Å². The van der Waals surface area contributed by atoms with Crippen LogP contribution >= 0.6 is 11.3 Å². The quantitative estimate of drug-likeness (QED) is 0.477. The highest BCUT2D eigenvalue weighted by Crippen LogP contribution is 2.22. The molecule has 0 aliphatic carbocycles. The van der Waals surface area contributed by atoms with Crippen molar-refractivity contribution in [2.75, 3.05) is 0 Å². The molecule has 138 valence electrons. The van der Waals surface area contributed by atoms with Crippen LogP contribution in [0.3, 0.4) is 0 Å². The molecule has 1 aromatic carbocycles. The molecule has 0 aliphatic heterocycles. The first-order valence-electron chi connectivity index (χ1n) is 9.00. The second-order valence-corrected chi connectivity index (χ2v) is 7.48. The normalized spacial score (nSPS) is 12.0. The van der Waals surface area contributed by atoms with Crippen LogP contribution in [-0.2, 0) is 13.1 Å². The number of nitrogens with zero attached hydrogens (tertiary/aromatic N) is 4. The van der Waals surface area contributed by atoms with Crippen molar-refractivity contribution in [1.29, 1.82) is 0 Å². The zero-order chi connectivity index (χ0) is 18.6. The molecule has 3 aromatic heterocycles. The van der Waals surface area contributed by atoms with Gasteiger partial charge < -0.3 is 13.6 Å². The van der Waals surface area contributed by atoms with Crippen LogP contribution in [0.4, 0.5) is 5.69 Å². The summed E-state index contributed by atoms with van der Waals surface area (Å²) in [5.41, 5.74) is 4.51. The summed E-state index contributed by atoms with van der Waals surface area (Å²) >= 11 is 1.65. The van der Waals surface area contributed by atoms with E-state index in [2.05, 4.69) is 51.5 Å². The van der Waals surface area contributed by atoms with Gasteiger partial charge in [0.25, 0.3) is 0 Å². The number of aromatic nitrogens is 3. The van der Waals surface area contributed by atoms with Gasteiger partial charge in [-0.05, 0) is 55.7 Å². The lowest BCUT2D eigenvalue weighted by Gasteiger charge is -2.08. The molecule has 0 radical (unpaired) electrons. The Morgan fingerprint density at radius 1 is 1.15 bits per heavy atom. The van der Waals surface area contributed by atoms with Crippen molar-refractivity contribution < 1.29 is 4.42 Å². The fourth-order valence-corrected chi connectivity index (χ4v) is 4.15. The zero-order valence-corrected chi connectivity index (χ0v) is 16.3. The summed E-state index contributed by atoms with van der Waals surface area (Å²) in [6.07, 6.45) is 8.36. The number of rotatable bonds is 6. The van der Waals surface area contributed by atoms with Crippen LogP contribution in [0.1, 0.15) is 17.5 Å². The van der Waals surface area contributed by atoms with E-state index in [9.17, 15) is 0 Å². The summed E-state index contributed by atoms with van der Waals surface area (Å²) in [6, 6.07) is 10.3. The molecule has 0 saturated carbocycles. The molecular weight excluding hydrogens is 356 g/mol. The Hall–Kier alpha value is -2.86. The minimum Gasteiger partial charge on any atom is -0.463 e. The van der Waals surface area contributed by atoms with Crippen molar-refractivity contribution in [1.82, 2.24) is 14.1 Å². The van der Waals surface area contributed by atoms with Gasteiger partial charge in [-0.15, -0.1) is 11.3 Å². The van der Waals surface area contributed by atoms with Gasteiger partial charge in [-0.2, -0.15) is 0 Å². The Labute approximate surface area is 162 Å². The van der Waals surface area contributed by atoms with E-state index in [1.165, 1.54) is 11.1 Å². The number of benzene rings is 1. The summed E-state index contributed by atoms with van der Waals surface area (Å²) in [4.78, 5) is 10.0. The Balaban J connectivity index is 1.69. The smallest absolute Gasteiger partial charge is 0.190 e. The number of thiazole rings is 1. The summed E-state index contributed by atoms with van der Waals surface area (Å²) < 4.78 is 9.99. The first-order chi connectivity index (χ1) is 13.2. The molecule has 6 heteroatoms. The second kappa shape index (κ2) is 7.80. The molecule has 0 saturated heterocycles. The molecule has 0 atom stereocenters. The van der Waals surface area contributed by atoms with Crippen molar-refractivity contribution in [2.45, 2.75) is 33.4 Å². The van der Waals surface area contributed by atoms with Crippen LogP contribution in [0.25, 0.3) is 11.5 Å². The maximum atomic E-state index is 5.64. The van der Waals surface area contributed by atoms with Crippen LogP contribution in [0.5, 0.6) is 0 Å². The number of imidazole rings is 1. The molecule has 5 nitrogen and oxygen atoms in total. The Morgan fingerprint density at radius 2 is 2.00 bits per heavy atom. The number of hydrogen-bond acceptors (Lipinski definition) is 4. The van der Waals surface area contributed by atoms with Gasteiger partial charge >= 0.3 is 0 Å². The monoisotopic (exact) mass is 378 g/mol. The molecule has 0 amide bonds. The van der Waals surface area contributed by atoms with Gasteiger partial charge in [0.1, 0.15) is 0 Å². The third-order valence-electron chi connectivity index (χ3n) is 4.36. The van der Waals surface area contributed by atoms with Crippen LogP contribution < -0.4 is 4.80 Å². The third-order valence-corrected chi connectivity index (χ3v) is 5.22. The summed E-state index contributed by atoms with van der Waals surface area (Å²) in [6.45, 7) is 5.99.